The van der Waals surface area contributed by atoms with Gasteiger partial charge in [-0.3, -0.25) is 9.78 Å². The second-order valence-electron chi connectivity index (χ2n) is 8.77. The Hall–Kier alpha value is -2.66. The van der Waals surface area contributed by atoms with Crippen LogP contribution in [0.1, 0.15) is 12.8 Å². The molecule has 2 atom stereocenters. The summed E-state index contributed by atoms with van der Waals surface area (Å²) in [5, 5.41) is 4.31. The minimum absolute atomic E-state index is 0.168. The Bertz CT molecular complexity index is 1010. The Balaban J connectivity index is 1.21. The number of H-pyrrole nitrogens is 1. The van der Waals surface area contributed by atoms with Crippen LogP contribution in [0.25, 0.3) is 22.2 Å². The molecule has 1 aromatic carbocycles. The van der Waals surface area contributed by atoms with Crippen LogP contribution in [0.4, 0.5) is 5.69 Å². The second-order valence-corrected chi connectivity index (χ2v) is 8.77. The van der Waals surface area contributed by atoms with E-state index in [9.17, 15) is 4.79 Å². The van der Waals surface area contributed by atoms with Crippen molar-refractivity contribution in [3.8, 4) is 11.3 Å². The fourth-order valence-corrected chi connectivity index (χ4v) is 5.97. The molecular formula is C23H24N4O. The van der Waals surface area contributed by atoms with Crippen LogP contribution in [-0.2, 0) is 4.79 Å². The summed E-state index contributed by atoms with van der Waals surface area (Å²) in [5.74, 6) is 2.24. The molecule has 3 saturated heterocycles. The Kier molecular flexibility index (Phi) is 3.60. The van der Waals surface area contributed by atoms with Crippen molar-refractivity contribution in [2.24, 2.45) is 23.7 Å². The van der Waals surface area contributed by atoms with Crippen molar-refractivity contribution in [3.63, 3.8) is 0 Å². The van der Waals surface area contributed by atoms with Gasteiger partial charge < -0.3 is 15.2 Å². The number of carbonyl (C=O) groups excluding carboxylic acids is 1. The SMILES string of the molecule is O=C(Nc1ccc(-c2c[nH]c3ccccc23)nc1)C1C2CC3CC1CN(C3)C2. The molecular weight excluding hydrogens is 348 g/mol. The number of benzene rings is 1. The molecule has 28 heavy (non-hydrogen) atoms. The molecule has 0 spiro atoms. The first-order valence-corrected chi connectivity index (χ1v) is 10.3. The highest BCUT2D eigenvalue weighted by molar-refractivity contribution is 5.95. The highest BCUT2D eigenvalue weighted by atomic mass is 16.1. The highest BCUT2D eigenvalue weighted by Gasteiger charge is 2.50. The van der Waals surface area contributed by atoms with Gasteiger partial charge >= 0.3 is 0 Å². The monoisotopic (exact) mass is 372 g/mol. The van der Waals surface area contributed by atoms with Gasteiger partial charge in [-0.15, -0.1) is 0 Å². The maximum absolute atomic E-state index is 13.0. The third-order valence-corrected chi connectivity index (χ3v) is 6.99. The van der Waals surface area contributed by atoms with E-state index in [2.05, 4.69) is 32.3 Å². The number of pyridine rings is 1. The number of aromatic amines is 1. The second kappa shape index (κ2) is 6.17. The van der Waals surface area contributed by atoms with Gasteiger partial charge in [0.05, 0.1) is 17.6 Å². The lowest BCUT2D eigenvalue weighted by Crippen LogP contribution is -2.60. The fraction of sp³-hybridized carbons (Fsp3) is 0.391. The number of nitrogens with zero attached hydrogens (tertiary/aromatic N) is 2. The van der Waals surface area contributed by atoms with Gasteiger partial charge in [-0.25, -0.2) is 0 Å². The molecule has 3 aliphatic heterocycles. The summed E-state index contributed by atoms with van der Waals surface area (Å²) in [7, 11) is 0. The third-order valence-electron chi connectivity index (χ3n) is 6.99. The van der Waals surface area contributed by atoms with E-state index in [1.807, 2.05) is 30.5 Å². The van der Waals surface area contributed by atoms with Gasteiger partial charge in [0.25, 0.3) is 0 Å². The minimum atomic E-state index is 0.168. The molecule has 3 aromatic rings. The van der Waals surface area contributed by atoms with E-state index in [1.54, 1.807) is 6.20 Å². The predicted octanol–water partition coefficient (Wildman–Crippen LogP) is 3.76. The van der Waals surface area contributed by atoms with Crippen molar-refractivity contribution in [2.75, 3.05) is 25.0 Å². The number of rotatable bonds is 3. The number of carbonyl (C=O) groups is 1. The number of para-hydroxylation sites is 1. The van der Waals surface area contributed by atoms with Crippen LogP contribution in [-0.4, -0.2) is 40.4 Å². The van der Waals surface area contributed by atoms with Gasteiger partial charge in [0.15, 0.2) is 0 Å². The van der Waals surface area contributed by atoms with E-state index in [4.69, 9.17) is 0 Å². The van der Waals surface area contributed by atoms with Gasteiger partial charge in [-0.2, -0.15) is 0 Å². The summed E-state index contributed by atoms with van der Waals surface area (Å²) in [4.78, 5) is 23.5. The summed E-state index contributed by atoms with van der Waals surface area (Å²) in [6, 6.07) is 12.2. The number of aromatic nitrogens is 2. The van der Waals surface area contributed by atoms with Gasteiger partial charge in [-0.1, -0.05) is 18.2 Å². The zero-order chi connectivity index (χ0) is 18.7. The molecule has 1 saturated carbocycles. The molecule has 4 aliphatic rings. The highest BCUT2D eigenvalue weighted by Crippen LogP contribution is 2.47. The Morgan fingerprint density at radius 3 is 2.64 bits per heavy atom. The zero-order valence-corrected chi connectivity index (χ0v) is 15.8. The van der Waals surface area contributed by atoms with Gasteiger partial charge in [0.1, 0.15) is 0 Å². The average Bonchev–Trinajstić information content (AvgIpc) is 3.12. The maximum atomic E-state index is 13.0. The van der Waals surface area contributed by atoms with Gasteiger partial charge in [0, 0.05) is 48.2 Å². The molecule has 5 heteroatoms. The van der Waals surface area contributed by atoms with E-state index in [0.717, 1.165) is 46.9 Å². The largest absolute Gasteiger partial charge is 0.360 e. The summed E-state index contributed by atoms with van der Waals surface area (Å²) in [6.07, 6.45) is 6.23. The zero-order valence-electron chi connectivity index (χ0n) is 15.8. The number of nitrogens with one attached hydrogen (secondary N) is 2. The van der Waals surface area contributed by atoms with Crippen LogP contribution >= 0.6 is 0 Å². The Morgan fingerprint density at radius 1 is 1.07 bits per heavy atom. The number of amides is 1. The maximum Gasteiger partial charge on any atom is 0.228 e. The van der Waals surface area contributed by atoms with Crippen molar-refractivity contribution >= 4 is 22.5 Å². The molecule has 4 bridgehead atoms. The first-order valence-electron chi connectivity index (χ1n) is 10.3. The van der Waals surface area contributed by atoms with E-state index >= 15 is 0 Å². The molecule has 5 nitrogen and oxygen atoms in total. The molecule has 142 valence electrons. The van der Waals surface area contributed by atoms with Crippen molar-refractivity contribution in [1.82, 2.24) is 14.9 Å². The van der Waals surface area contributed by atoms with Crippen LogP contribution < -0.4 is 5.32 Å². The lowest BCUT2D eigenvalue weighted by Gasteiger charge is -2.55. The first kappa shape index (κ1) is 16.3. The Morgan fingerprint density at radius 2 is 1.89 bits per heavy atom. The van der Waals surface area contributed by atoms with Crippen LogP contribution in [0.5, 0.6) is 0 Å². The molecule has 2 unspecified atom stereocenters. The minimum Gasteiger partial charge on any atom is -0.360 e. The van der Waals surface area contributed by atoms with E-state index in [-0.39, 0.29) is 11.8 Å². The number of piperidine rings is 3. The van der Waals surface area contributed by atoms with Crippen LogP contribution in [0.2, 0.25) is 0 Å². The summed E-state index contributed by atoms with van der Waals surface area (Å²) in [5.41, 5.74) is 3.90. The molecule has 7 rings (SSSR count). The summed E-state index contributed by atoms with van der Waals surface area (Å²) < 4.78 is 0. The standard InChI is InChI=1S/C23H24N4O/c28-23(22-15-7-14-8-16(22)13-27(11-14)12-15)26-17-5-6-21(24-9-17)19-10-25-20-4-2-1-3-18(19)20/h1-6,9-10,14-16,22,25H,7-8,11-13H2,(H,26,28). The third kappa shape index (κ3) is 2.57. The molecule has 5 heterocycles. The number of hydrogen-bond donors (Lipinski definition) is 2. The quantitative estimate of drug-likeness (QED) is 0.736. The topological polar surface area (TPSA) is 61.0 Å². The van der Waals surface area contributed by atoms with Gasteiger partial charge in [0.2, 0.25) is 5.91 Å². The van der Waals surface area contributed by atoms with E-state index in [0.29, 0.717) is 11.8 Å². The molecule has 2 aromatic heterocycles. The van der Waals surface area contributed by atoms with E-state index in [1.165, 1.54) is 19.4 Å². The van der Waals surface area contributed by atoms with Crippen LogP contribution in [0, 0.1) is 23.7 Å². The average molecular weight is 372 g/mol. The normalized spacial score (nSPS) is 30.6. The molecule has 1 aliphatic carbocycles. The lowest BCUT2D eigenvalue weighted by atomic mass is 9.61. The molecule has 1 amide bonds. The van der Waals surface area contributed by atoms with Gasteiger partial charge in [-0.05, 0) is 48.8 Å². The smallest absolute Gasteiger partial charge is 0.228 e. The van der Waals surface area contributed by atoms with E-state index < -0.39 is 0 Å². The number of anilines is 1. The van der Waals surface area contributed by atoms with Crippen molar-refractivity contribution in [2.45, 2.75) is 12.8 Å². The number of fused-ring (bicyclic) bond motifs is 1. The Labute approximate surface area is 164 Å². The molecule has 2 N–H and O–H groups in total. The number of hydrogen-bond acceptors (Lipinski definition) is 3. The van der Waals surface area contributed by atoms with Crippen LogP contribution in [0.3, 0.4) is 0 Å². The van der Waals surface area contributed by atoms with Crippen molar-refractivity contribution in [3.05, 3.63) is 48.8 Å². The van der Waals surface area contributed by atoms with Crippen molar-refractivity contribution in [1.29, 1.82) is 0 Å². The predicted molar refractivity (Wildman–Crippen MR) is 110 cm³/mol. The summed E-state index contributed by atoms with van der Waals surface area (Å²) in [6.45, 7) is 3.45. The summed E-state index contributed by atoms with van der Waals surface area (Å²) >= 11 is 0. The fourth-order valence-electron chi connectivity index (χ4n) is 5.97. The van der Waals surface area contributed by atoms with Crippen molar-refractivity contribution < 1.29 is 4.79 Å². The molecule has 4 fully saturated rings. The van der Waals surface area contributed by atoms with Crippen LogP contribution in [0.15, 0.2) is 48.8 Å². The molecule has 0 radical (unpaired) electrons. The lowest BCUT2D eigenvalue weighted by molar-refractivity contribution is -0.135. The first-order chi connectivity index (χ1) is 13.7.